The summed E-state index contributed by atoms with van der Waals surface area (Å²) in [5, 5.41) is 9.90. The van der Waals surface area contributed by atoms with E-state index >= 15 is 0 Å². The molecule has 1 aromatic rings. The van der Waals surface area contributed by atoms with Crippen LogP contribution in [-0.2, 0) is 6.42 Å². The number of allylic oxidation sites excluding steroid dienone is 12. The maximum absolute atomic E-state index is 9.90. The lowest BCUT2D eigenvalue weighted by molar-refractivity contribution is 0.469. The standard InChI is InChI=1S/C36H54O/c1-29(2)15-10-16-30(3)17-11-18-31(4)19-12-20-32(5)21-13-22-33(6)23-14-24-34(7)27-28-35-25-8-9-26-36(35)37/h8-9,15,17,19,21,23,25-27,37H,10-14,16,18,20,22,24,28H2,1-7H3/b30-17+,31-19-,32-21+,33-23+,34-27+. The molecule has 0 amide bonds. The number of phenolic OH excluding ortho intramolecular Hbond substituents is 1. The van der Waals surface area contributed by atoms with Crippen molar-refractivity contribution in [1.29, 1.82) is 0 Å². The van der Waals surface area contributed by atoms with Crippen molar-refractivity contribution in [3.63, 3.8) is 0 Å². The van der Waals surface area contributed by atoms with Gasteiger partial charge < -0.3 is 5.11 Å². The van der Waals surface area contributed by atoms with Crippen LogP contribution in [0.2, 0.25) is 0 Å². The fourth-order valence-electron chi connectivity index (χ4n) is 4.25. The molecule has 0 fully saturated rings. The Bertz CT molecular complexity index is 974. The lowest BCUT2D eigenvalue weighted by Gasteiger charge is -2.04. The van der Waals surface area contributed by atoms with Gasteiger partial charge in [-0.15, -0.1) is 0 Å². The fourth-order valence-corrected chi connectivity index (χ4v) is 4.25. The Morgan fingerprint density at radius 3 is 1.24 bits per heavy atom. The van der Waals surface area contributed by atoms with Crippen molar-refractivity contribution in [3.8, 4) is 5.75 Å². The van der Waals surface area contributed by atoms with Gasteiger partial charge in [0.15, 0.2) is 0 Å². The van der Waals surface area contributed by atoms with E-state index in [1.165, 1.54) is 59.1 Å². The Hall–Kier alpha value is -2.54. The SMILES string of the molecule is CC(C)=CCC/C(C)=C/CC/C(C)=C\CC/C(C)=C/CC/C(C)=C/CC/C(C)=C/Cc1ccccc1O. The summed E-state index contributed by atoms with van der Waals surface area (Å²) in [5.41, 5.74) is 9.83. The summed E-state index contributed by atoms with van der Waals surface area (Å²) in [7, 11) is 0. The van der Waals surface area contributed by atoms with Crippen LogP contribution in [0.5, 0.6) is 5.75 Å². The predicted molar refractivity (Wildman–Crippen MR) is 166 cm³/mol. The number of para-hydroxylation sites is 1. The molecule has 204 valence electrons. The minimum absolute atomic E-state index is 0.390. The zero-order chi connectivity index (χ0) is 27.5. The minimum Gasteiger partial charge on any atom is -0.508 e. The maximum atomic E-state index is 9.90. The van der Waals surface area contributed by atoms with E-state index in [9.17, 15) is 5.11 Å². The molecule has 0 aromatic heterocycles. The first kappa shape index (κ1) is 32.5. The third kappa shape index (κ3) is 17.5. The Balaban J connectivity index is 2.25. The van der Waals surface area contributed by atoms with Crippen molar-refractivity contribution in [1.82, 2.24) is 0 Å². The highest BCUT2D eigenvalue weighted by atomic mass is 16.3. The van der Waals surface area contributed by atoms with E-state index in [-0.39, 0.29) is 0 Å². The summed E-state index contributed by atoms with van der Waals surface area (Å²) in [6.07, 6.45) is 26.5. The number of hydrogen-bond donors (Lipinski definition) is 1. The van der Waals surface area contributed by atoms with Gasteiger partial charge in [0.05, 0.1) is 0 Å². The summed E-state index contributed by atoms with van der Waals surface area (Å²) in [4.78, 5) is 0. The smallest absolute Gasteiger partial charge is 0.119 e. The van der Waals surface area contributed by atoms with E-state index in [4.69, 9.17) is 0 Å². The van der Waals surface area contributed by atoms with Crippen LogP contribution in [0.3, 0.4) is 0 Å². The second-order valence-electron chi connectivity index (χ2n) is 11.1. The normalized spacial score (nSPS) is 13.8. The van der Waals surface area contributed by atoms with Gasteiger partial charge in [-0.25, -0.2) is 0 Å². The molecule has 0 heterocycles. The Morgan fingerprint density at radius 2 is 0.865 bits per heavy atom. The van der Waals surface area contributed by atoms with Gasteiger partial charge in [0, 0.05) is 0 Å². The number of phenols is 1. The fraction of sp³-hybridized carbons (Fsp3) is 0.500. The molecule has 0 aliphatic rings. The van der Waals surface area contributed by atoms with E-state index < -0.39 is 0 Å². The van der Waals surface area contributed by atoms with Crippen LogP contribution in [0.1, 0.15) is 118 Å². The summed E-state index contributed by atoms with van der Waals surface area (Å²) in [5.74, 6) is 0.390. The first-order valence-electron chi connectivity index (χ1n) is 14.4. The number of hydrogen-bond acceptors (Lipinski definition) is 1. The molecule has 0 saturated heterocycles. The Kier molecular flexibility index (Phi) is 17.2. The van der Waals surface area contributed by atoms with Gasteiger partial charge >= 0.3 is 0 Å². The second-order valence-corrected chi connectivity index (χ2v) is 11.1. The Labute approximate surface area is 229 Å². The van der Waals surface area contributed by atoms with Crippen LogP contribution in [0.15, 0.2) is 94.2 Å². The van der Waals surface area contributed by atoms with Gasteiger partial charge in [-0.05, 0) is 131 Å². The Morgan fingerprint density at radius 1 is 0.514 bits per heavy atom. The van der Waals surface area contributed by atoms with Crippen molar-refractivity contribution < 1.29 is 5.11 Å². The zero-order valence-corrected chi connectivity index (χ0v) is 25.0. The topological polar surface area (TPSA) is 20.2 Å². The molecule has 0 aliphatic carbocycles. The second kappa shape index (κ2) is 19.6. The third-order valence-electron chi connectivity index (χ3n) is 6.88. The molecule has 1 N–H and O–H groups in total. The molecule has 0 radical (unpaired) electrons. The van der Waals surface area contributed by atoms with Crippen LogP contribution < -0.4 is 0 Å². The lowest BCUT2D eigenvalue weighted by atomic mass is 10.0. The third-order valence-corrected chi connectivity index (χ3v) is 6.88. The van der Waals surface area contributed by atoms with Gasteiger partial charge in [-0.3, -0.25) is 0 Å². The predicted octanol–water partition coefficient (Wildman–Crippen LogP) is 11.5. The van der Waals surface area contributed by atoms with Crippen LogP contribution in [0.4, 0.5) is 0 Å². The molecular formula is C36H54O. The molecule has 0 aliphatic heterocycles. The van der Waals surface area contributed by atoms with Gasteiger partial charge in [-0.1, -0.05) is 88.1 Å². The monoisotopic (exact) mass is 502 g/mol. The average molecular weight is 503 g/mol. The first-order valence-corrected chi connectivity index (χ1v) is 14.4. The molecule has 1 rings (SSSR count). The van der Waals surface area contributed by atoms with Gasteiger partial charge in [-0.2, -0.15) is 0 Å². The highest BCUT2D eigenvalue weighted by Crippen LogP contribution is 2.19. The lowest BCUT2D eigenvalue weighted by Crippen LogP contribution is -1.85. The number of rotatable bonds is 17. The van der Waals surface area contributed by atoms with Crippen LogP contribution in [-0.4, -0.2) is 5.11 Å². The van der Waals surface area contributed by atoms with Crippen molar-refractivity contribution in [2.75, 3.05) is 0 Å². The molecule has 1 nitrogen and oxygen atoms in total. The largest absolute Gasteiger partial charge is 0.508 e. The van der Waals surface area contributed by atoms with Gasteiger partial charge in [0.1, 0.15) is 5.75 Å². The van der Waals surface area contributed by atoms with Crippen molar-refractivity contribution in [2.24, 2.45) is 0 Å². The summed E-state index contributed by atoms with van der Waals surface area (Å²) < 4.78 is 0. The van der Waals surface area contributed by atoms with E-state index in [1.807, 2.05) is 18.2 Å². The quantitative estimate of drug-likeness (QED) is 0.210. The molecule has 0 bridgehead atoms. The molecule has 1 heteroatoms. The van der Waals surface area contributed by atoms with Crippen molar-refractivity contribution in [3.05, 3.63) is 99.7 Å². The maximum Gasteiger partial charge on any atom is 0.119 e. The summed E-state index contributed by atoms with van der Waals surface area (Å²) >= 11 is 0. The van der Waals surface area contributed by atoms with E-state index in [0.717, 1.165) is 50.5 Å². The molecule has 0 unspecified atom stereocenters. The van der Waals surface area contributed by atoms with E-state index in [0.29, 0.717) is 5.75 Å². The van der Waals surface area contributed by atoms with Gasteiger partial charge in [0.2, 0.25) is 0 Å². The van der Waals surface area contributed by atoms with Crippen LogP contribution >= 0.6 is 0 Å². The van der Waals surface area contributed by atoms with Crippen molar-refractivity contribution in [2.45, 2.75) is 119 Å². The van der Waals surface area contributed by atoms with E-state index in [2.05, 4.69) is 84.9 Å². The molecule has 37 heavy (non-hydrogen) atoms. The summed E-state index contributed by atoms with van der Waals surface area (Å²) in [6, 6.07) is 7.60. The highest BCUT2D eigenvalue weighted by Gasteiger charge is 1.98. The average Bonchev–Trinajstić information content (AvgIpc) is 2.83. The van der Waals surface area contributed by atoms with Crippen LogP contribution in [0.25, 0.3) is 0 Å². The van der Waals surface area contributed by atoms with E-state index in [1.54, 1.807) is 6.07 Å². The zero-order valence-electron chi connectivity index (χ0n) is 25.0. The number of benzene rings is 1. The number of aromatic hydroxyl groups is 1. The molecular weight excluding hydrogens is 448 g/mol. The van der Waals surface area contributed by atoms with Crippen molar-refractivity contribution >= 4 is 0 Å². The van der Waals surface area contributed by atoms with Gasteiger partial charge in [0.25, 0.3) is 0 Å². The molecule has 0 spiro atoms. The molecule has 1 aromatic carbocycles. The van der Waals surface area contributed by atoms with Crippen LogP contribution in [0, 0.1) is 0 Å². The first-order chi connectivity index (χ1) is 17.7. The highest BCUT2D eigenvalue weighted by molar-refractivity contribution is 5.33. The minimum atomic E-state index is 0.390. The molecule has 0 atom stereocenters. The molecule has 0 saturated carbocycles. The summed E-state index contributed by atoms with van der Waals surface area (Å²) in [6.45, 7) is 15.6.